The second kappa shape index (κ2) is 5.64. The first-order valence-electron chi connectivity index (χ1n) is 5.91. The van der Waals surface area contributed by atoms with Gasteiger partial charge in [0, 0.05) is 6.61 Å². The fraction of sp³-hybridized carbons (Fsp3) is 1.00. The lowest BCUT2D eigenvalue weighted by Gasteiger charge is -2.36. The van der Waals surface area contributed by atoms with E-state index in [1.807, 2.05) is 0 Å². The zero-order valence-electron chi connectivity index (χ0n) is 9.38. The first-order valence-corrected chi connectivity index (χ1v) is 5.91. The van der Waals surface area contributed by atoms with Crippen molar-refractivity contribution in [2.75, 3.05) is 6.61 Å². The van der Waals surface area contributed by atoms with Crippen molar-refractivity contribution < 1.29 is 4.74 Å². The molecule has 2 unspecified atom stereocenters. The highest BCUT2D eigenvalue weighted by Crippen LogP contribution is 2.32. The molecule has 0 aromatic carbocycles. The van der Waals surface area contributed by atoms with Crippen molar-refractivity contribution in [2.24, 2.45) is 11.8 Å². The average molecular weight is 184 g/mol. The predicted octanol–water partition coefficient (Wildman–Crippen LogP) is 3.63. The summed E-state index contributed by atoms with van der Waals surface area (Å²) in [5.74, 6) is 1.71. The summed E-state index contributed by atoms with van der Waals surface area (Å²) in [6.07, 6.45) is 7.01. The molecule has 1 heteroatoms. The summed E-state index contributed by atoms with van der Waals surface area (Å²) in [6, 6.07) is 0. The molecule has 1 rings (SSSR count). The maximum absolute atomic E-state index is 5.85. The lowest BCUT2D eigenvalue weighted by atomic mass is 9.80. The van der Waals surface area contributed by atoms with E-state index >= 15 is 0 Å². The third kappa shape index (κ3) is 2.98. The van der Waals surface area contributed by atoms with E-state index < -0.39 is 0 Å². The first kappa shape index (κ1) is 11.0. The standard InChI is InChI=1S/C12H24O/c1-4-6-11-10(3)8-9-13-12(11)7-5-2/h10-12H,4-9H2,1-3H3/t10-,11?,12?/m1/s1. The molecule has 0 aromatic rings. The van der Waals surface area contributed by atoms with Crippen molar-refractivity contribution in [1.29, 1.82) is 0 Å². The highest BCUT2D eigenvalue weighted by atomic mass is 16.5. The van der Waals surface area contributed by atoms with E-state index in [-0.39, 0.29) is 0 Å². The molecule has 1 heterocycles. The largest absolute Gasteiger partial charge is 0.378 e. The highest BCUT2D eigenvalue weighted by Gasteiger charge is 2.29. The van der Waals surface area contributed by atoms with Crippen LogP contribution in [0.5, 0.6) is 0 Å². The molecule has 0 amide bonds. The van der Waals surface area contributed by atoms with Crippen LogP contribution in [0.3, 0.4) is 0 Å². The van der Waals surface area contributed by atoms with Crippen molar-refractivity contribution in [2.45, 2.75) is 59.0 Å². The molecule has 0 spiro atoms. The Hall–Kier alpha value is -0.0400. The Labute approximate surface area is 82.9 Å². The molecule has 3 atom stereocenters. The first-order chi connectivity index (χ1) is 6.29. The van der Waals surface area contributed by atoms with Gasteiger partial charge in [-0.1, -0.05) is 33.6 Å². The molecule has 1 fully saturated rings. The molecule has 0 N–H and O–H groups in total. The molecule has 0 aromatic heterocycles. The van der Waals surface area contributed by atoms with Crippen LogP contribution in [0.1, 0.15) is 52.9 Å². The zero-order valence-corrected chi connectivity index (χ0v) is 9.38. The average Bonchev–Trinajstić information content (AvgIpc) is 2.11. The van der Waals surface area contributed by atoms with Gasteiger partial charge in [-0.2, -0.15) is 0 Å². The smallest absolute Gasteiger partial charge is 0.0605 e. The fourth-order valence-electron chi connectivity index (χ4n) is 2.50. The summed E-state index contributed by atoms with van der Waals surface area (Å²) in [5, 5.41) is 0. The van der Waals surface area contributed by atoms with Crippen molar-refractivity contribution in [1.82, 2.24) is 0 Å². The SMILES string of the molecule is CCCC1OCC[C@@H](C)C1CCC. The molecule has 0 saturated carbocycles. The number of hydrogen-bond acceptors (Lipinski definition) is 1. The van der Waals surface area contributed by atoms with E-state index in [1.165, 1.54) is 32.1 Å². The van der Waals surface area contributed by atoms with E-state index in [2.05, 4.69) is 20.8 Å². The molecular formula is C12H24O. The Morgan fingerprint density at radius 1 is 1.15 bits per heavy atom. The summed E-state index contributed by atoms with van der Waals surface area (Å²) in [7, 11) is 0. The van der Waals surface area contributed by atoms with Crippen LogP contribution >= 0.6 is 0 Å². The third-order valence-corrected chi connectivity index (χ3v) is 3.31. The number of hydrogen-bond donors (Lipinski definition) is 0. The molecule has 0 aliphatic carbocycles. The van der Waals surface area contributed by atoms with Crippen molar-refractivity contribution in [3.05, 3.63) is 0 Å². The topological polar surface area (TPSA) is 9.23 Å². The molecule has 0 bridgehead atoms. The van der Waals surface area contributed by atoms with Gasteiger partial charge in [-0.3, -0.25) is 0 Å². The molecule has 1 aliphatic rings. The van der Waals surface area contributed by atoms with Gasteiger partial charge in [-0.05, 0) is 31.1 Å². The Morgan fingerprint density at radius 3 is 2.46 bits per heavy atom. The van der Waals surface area contributed by atoms with E-state index in [0.717, 1.165) is 18.4 Å². The van der Waals surface area contributed by atoms with Crippen LogP contribution in [-0.4, -0.2) is 12.7 Å². The second-order valence-electron chi connectivity index (χ2n) is 4.42. The molecule has 1 nitrogen and oxygen atoms in total. The molecule has 13 heavy (non-hydrogen) atoms. The highest BCUT2D eigenvalue weighted by molar-refractivity contribution is 4.78. The van der Waals surface area contributed by atoms with Crippen LogP contribution in [-0.2, 0) is 4.74 Å². The minimum Gasteiger partial charge on any atom is -0.378 e. The summed E-state index contributed by atoms with van der Waals surface area (Å²) in [5.41, 5.74) is 0. The molecule has 0 radical (unpaired) electrons. The van der Waals surface area contributed by atoms with E-state index in [1.54, 1.807) is 0 Å². The van der Waals surface area contributed by atoms with Crippen LogP contribution < -0.4 is 0 Å². The molecular weight excluding hydrogens is 160 g/mol. The Balaban J connectivity index is 2.46. The zero-order chi connectivity index (χ0) is 9.68. The van der Waals surface area contributed by atoms with Gasteiger partial charge in [0.2, 0.25) is 0 Å². The molecule has 1 saturated heterocycles. The van der Waals surface area contributed by atoms with Crippen LogP contribution in [0.25, 0.3) is 0 Å². The fourth-order valence-corrected chi connectivity index (χ4v) is 2.50. The minimum atomic E-state index is 0.564. The number of rotatable bonds is 4. The number of ether oxygens (including phenoxy) is 1. The van der Waals surface area contributed by atoms with Crippen molar-refractivity contribution >= 4 is 0 Å². The van der Waals surface area contributed by atoms with E-state index in [4.69, 9.17) is 4.74 Å². The van der Waals surface area contributed by atoms with Crippen LogP contribution in [0.4, 0.5) is 0 Å². The van der Waals surface area contributed by atoms with Gasteiger partial charge >= 0.3 is 0 Å². The normalized spacial score (nSPS) is 34.8. The molecule has 1 aliphatic heterocycles. The lowest BCUT2D eigenvalue weighted by molar-refractivity contribution is -0.0595. The minimum absolute atomic E-state index is 0.564. The van der Waals surface area contributed by atoms with Crippen LogP contribution in [0, 0.1) is 11.8 Å². The van der Waals surface area contributed by atoms with Gasteiger partial charge in [0.1, 0.15) is 0 Å². The maximum atomic E-state index is 5.85. The quantitative estimate of drug-likeness (QED) is 0.648. The summed E-state index contributed by atoms with van der Waals surface area (Å²) < 4.78 is 5.85. The van der Waals surface area contributed by atoms with Crippen molar-refractivity contribution in [3.8, 4) is 0 Å². The Kier molecular flexibility index (Phi) is 4.79. The second-order valence-corrected chi connectivity index (χ2v) is 4.42. The Bertz CT molecular complexity index is 131. The van der Waals surface area contributed by atoms with Gasteiger partial charge in [0.05, 0.1) is 6.10 Å². The third-order valence-electron chi connectivity index (χ3n) is 3.31. The van der Waals surface area contributed by atoms with Gasteiger partial charge < -0.3 is 4.74 Å². The van der Waals surface area contributed by atoms with Gasteiger partial charge in [-0.25, -0.2) is 0 Å². The molecule has 78 valence electrons. The summed E-state index contributed by atoms with van der Waals surface area (Å²) >= 11 is 0. The maximum Gasteiger partial charge on any atom is 0.0605 e. The summed E-state index contributed by atoms with van der Waals surface area (Å²) in [6.45, 7) is 7.92. The van der Waals surface area contributed by atoms with Crippen molar-refractivity contribution in [3.63, 3.8) is 0 Å². The van der Waals surface area contributed by atoms with Gasteiger partial charge in [0.25, 0.3) is 0 Å². The monoisotopic (exact) mass is 184 g/mol. The Morgan fingerprint density at radius 2 is 1.85 bits per heavy atom. The predicted molar refractivity (Wildman–Crippen MR) is 56.8 cm³/mol. The van der Waals surface area contributed by atoms with Crippen LogP contribution in [0.15, 0.2) is 0 Å². The van der Waals surface area contributed by atoms with E-state index in [0.29, 0.717) is 6.10 Å². The van der Waals surface area contributed by atoms with Gasteiger partial charge in [-0.15, -0.1) is 0 Å². The van der Waals surface area contributed by atoms with E-state index in [9.17, 15) is 0 Å². The van der Waals surface area contributed by atoms with Gasteiger partial charge in [0.15, 0.2) is 0 Å². The lowest BCUT2D eigenvalue weighted by Crippen LogP contribution is -2.35. The van der Waals surface area contributed by atoms with Crippen LogP contribution in [0.2, 0.25) is 0 Å². The summed E-state index contributed by atoms with van der Waals surface area (Å²) in [4.78, 5) is 0.